The Balaban J connectivity index is 0.00000729. The number of halogens is 1. The van der Waals surface area contributed by atoms with E-state index >= 15 is 0 Å². The van der Waals surface area contributed by atoms with Crippen LogP contribution in [-0.2, 0) is 4.74 Å². The molecule has 7 nitrogen and oxygen atoms in total. The molecular formula is C20H37IN4O3. The third-order valence-corrected chi connectivity index (χ3v) is 3.92. The van der Waals surface area contributed by atoms with Crippen LogP contribution in [0.2, 0.25) is 0 Å². The average molecular weight is 508 g/mol. The quantitative estimate of drug-likeness (QED) is 0.185. The minimum absolute atomic E-state index is 0. The second-order valence-electron chi connectivity index (χ2n) is 6.38. The van der Waals surface area contributed by atoms with E-state index in [9.17, 15) is 0 Å². The summed E-state index contributed by atoms with van der Waals surface area (Å²) in [6, 6.07) is 7.65. The lowest BCUT2D eigenvalue weighted by molar-refractivity contribution is 0.180. The smallest absolute Gasteiger partial charge is 0.191 e. The molecule has 0 fully saturated rings. The second kappa shape index (κ2) is 16.7. The number of hydrogen-bond acceptors (Lipinski definition) is 5. The molecule has 0 aromatic heterocycles. The summed E-state index contributed by atoms with van der Waals surface area (Å²) >= 11 is 0. The summed E-state index contributed by atoms with van der Waals surface area (Å²) in [6.07, 6.45) is 0.979. The number of ether oxygens (including phenoxy) is 3. The van der Waals surface area contributed by atoms with Gasteiger partial charge in [0.15, 0.2) is 17.5 Å². The molecule has 0 bridgehead atoms. The molecule has 0 aliphatic rings. The SMILES string of the molecule is CCNC(=NCC(C)Oc1ccccc1OC)NCCN(C)CCCOC.I. The molecule has 1 aromatic carbocycles. The molecule has 0 amide bonds. The molecule has 2 N–H and O–H groups in total. The Morgan fingerprint density at radius 2 is 1.86 bits per heavy atom. The van der Waals surface area contributed by atoms with Crippen LogP contribution in [-0.4, -0.2) is 77.6 Å². The number of para-hydroxylation sites is 2. The van der Waals surface area contributed by atoms with Crippen LogP contribution in [0.3, 0.4) is 0 Å². The number of benzene rings is 1. The van der Waals surface area contributed by atoms with Gasteiger partial charge in [0, 0.05) is 39.9 Å². The van der Waals surface area contributed by atoms with Gasteiger partial charge in [-0.1, -0.05) is 12.1 Å². The Morgan fingerprint density at radius 3 is 2.50 bits per heavy atom. The number of nitrogens with zero attached hydrogens (tertiary/aromatic N) is 2. The van der Waals surface area contributed by atoms with Crippen molar-refractivity contribution < 1.29 is 14.2 Å². The van der Waals surface area contributed by atoms with E-state index in [1.54, 1.807) is 14.2 Å². The molecule has 162 valence electrons. The molecule has 1 atom stereocenters. The van der Waals surface area contributed by atoms with Crippen molar-refractivity contribution >= 4 is 29.9 Å². The zero-order valence-corrected chi connectivity index (χ0v) is 20.2. The molecule has 0 saturated heterocycles. The zero-order valence-electron chi connectivity index (χ0n) is 17.9. The highest BCUT2D eigenvalue weighted by atomic mass is 127. The average Bonchev–Trinajstić information content (AvgIpc) is 2.66. The predicted octanol–water partition coefficient (Wildman–Crippen LogP) is 2.60. The third kappa shape index (κ3) is 11.6. The Labute approximate surface area is 187 Å². The number of hydrogen-bond donors (Lipinski definition) is 2. The molecular weight excluding hydrogens is 471 g/mol. The van der Waals surface area contributed by atoms with Crippen molar-refractivity contribution in [3.05, 3.63) is 24.3 Å². The monoisotopic (exact) mass is 508 g/mol. The number of aliphatic imine (C=N–C) groups is 1. The van der Waals surface area contributed by atoms with Crippen molar-refractivity contribution in [2.45, 2.75) is 26.4 Å². The van der Waals surface area contributed by atoms with Crippen molar-refractivity contribution in [1.82, 2.24) is 15.5 Å². The fourth-order valence-electron chi connectivity index (χ4n) is 2.49. The van der Waals surface area contributed by atoms with E-state index < -0.39 is 0 Å². The standard InChI is InChI=1S/C20H36N4O3.HI/c1-6-21-20(22-12-14-24(3)13-9-15-25-4)23-16-17(2)27-19-11-8-7-10-18(19)26-5;/h7-8,10-11,17H,6,9,12-16H2,1-5H3,(H2,21,22,23);1H. The summed E-state index contributed by atoms with van der Waals surface area (Å²) in [5.74, 6) is 2.27. The van der Waals surface area contributed by atoms with Gasteiger partial charge in [-0.2, -0.15) is 0 Å². The first-order valence-corrected chi connectivity index (χ1v) is 9.60. The maximum absolute atomic E-state index is 5.95. The normalized spacial score (nSPS) is 12.3. The largest absolute Gasteiger partial charge is 0.493 e. The van der Waals surface area contributed by atoms with Gasteiger partial charge >= 0.3 is 0 Å². The number of nitrogens with one attached hydrogen (secondary N) is 2. The molecule has 1 aromatic rings. The summed E-state index contributed by atoms with van der Waals surface area (Å²) in [4.78, 5) is 6.91. The van der Waals surface area contributed by atoms with E-state index in [0.29, 0.717) is 6.54 Å². The first kappa shape index (κ1) is 26.7. The number of methoxy groups -OCH3 is 2. The number of likely N-dealkylation sites (N-methyl/N-ethyl adjacent to an activating group) is 1. The van der Waals surface area contributed by atoms with Gasteiger partial charge in [-0.3, -0.25) is 0 Å². The molecule has 0 aliphatic carbocycles. The second-order valence-corrected chi connectivity index (χ2v) is 6.38. The predicted molar refractivity (Wildman–Crippen MR) is 126 cm³/mol. The third-order valence-electron chi connectivity index (χ3n) is 3.92. The van der Waals surface area contributed by atoms with Crippen LogP contribution in [0.1, 0.15) is 20.3 Å². The fourth-order valence-corrected chi connectivity index (χ4v) is 2.49. The van der Waals surface area contributed by atoms with Crippen LogP contribution in [0.15, 0.2) is 29.3 Å². The maximum Gasteiger partial charge on any atom is 0.191 e. The van der Waals surface area contributed by atoms with Crippen LogP contribution in [0.5, 0.6) is 11.5 Å². The molecule has 1 rings (SSSR count). The highest BCUT2D eigenvalue weighted by molar-refractivity contribution is 14.0. The van der Waals surface area contributed by atoms with Gasteiger partial charge in [-0.05, 0) is 39.4 Å². The van der Waals surface area contributed by atoms with Gasteiger partial charge in [0.2, 0.25) is 0 Å². The molecule has 0 aliphatic heterocycles. The van der Waals surface area contributed by atoms with Crippen LogP contribution >= 0.6 is 24.0 Å². The molecule has 8 heteroatoms. The highest BCUT2D eigenvalue weighted by Gasteiger charge is 2.08. The van der Waals surface area contributed by atoms with Crippen LogP contribution < -0.4 is 20.1 Å². The van der Waals surface area contributed by atoms with Gasteiger partial charge in [0.1, 0.15) is 6.10 Å². The van der Waals surface area contributed by atoms with Crippen molar-refractivity contribution in [3.63, 3.8) is 0 Å². The number of guanidine groups is 1. The lowest BCUT2D eigenvalue weighted by atomic mass is 10.3. The van der Waals surface area contributed by atoms with Gasteiger partial charge < -0.3 is 29.7 Å². The van der Waals surface area contributed by atoms with Crippen LogP contribution in [0, 0.1) is 0 Å². The summed E-state index contributed by atoms with van der Waals surface area (Å²) < 4.78 is 16.4. The van der Waals surface area contributed by atoms with Crippen molar-refractivity contribution in [2.75, 3.05) is 60.6 Å². The molecule has 0 radical (unpaired) electrons. The minimum atomic E-state index is -0.0616. The van der Waals surface area contributed by atoms with Crippen molar-refractivity contribution in [3.8, 4) is 11.5 Å². The first-order valence-electron chi connectivity index (χ1n) is 9.60. The Bertz CT molecular complexity index is 546. The molecule has 0 saturated carbocycles. The topological polar surface area (TPSA) is 67.4 Å². The maximum atomic E-state index is 5.95. The van der Waals surface area contributed by atoms with E-state index in [2.05, 4.69) is 34.5 Å². The molecule has 0 heterocycles. The van der Waals surface area contributed by atoms with Gasteiger partial charge in [0.25, 0.3) is 0 Å². The van der Waals surface area contributed by atoms with Crippen molar-refractivity contribution in [2.24, 2.45) is 4.99 Å². The fraction of sp³-hybridized carbons (Fsp3) is 0.650. The van der Waals surface area contributed by atoms with Gasteiger partial charge in [0.05, 0.1) is 13.7 Å². The van der Waals surface area contributed by atoms with Crippen molar-refractivity contribution in [1.29, 1.82) is 0 Å². The summed E-state index contributed by atoms with van der Waals surface area (Å²) in [7, 11) is 5.49. The lowest BCUT2D eigenvalue weighted by Gasteiger charge is -2.19. The molecule has 28 heavy (non-hydrogen) atoms. The Morgan fingerprint density at radius 1 is 1.14 bits per heavy atom. The number of rotatable bonds is 13. The summed E-state index contributed by atoms with van der Waals surface area (Å²) in [5, 5.41) is 6.64. The summed E-state index contributed by atoms with van der Waals surface area (Å²) in [6.45, 7) is 9.03. The van der Waals surface area contributed by atoms with Gasteiger partial charge in [-0.25, -0.2) is 4.99 Å². The Kier molecular flexibility index (Phi) is 15.9. The summed E-state index contributed by atoms with van der Waals surface area (Å²) in [5.41, 5.74) is 0. The first-order chi connectivity index (χ1) is 13.1. The van der Waals surface area contributed by atoms with Gasteiger partial charge in [-0.15, -0.1) is 24.0 Å². The molecule has 0 spiro atoms. The van der Waals surface area contributed by atoms with E-state index in [-0.39, 0.29) is 30.1 Å². The molecule has 1 unspecified atom stereocenters. The van der Waals surface area contributed by atoms with E-state index in [4.69, 9.17) is 14.2 Å². The Hall–Kier alpha value is -1.26. The van der Waals surface area contributed by atoms with E-state index in [1.807, 2.05) is 31.2 Å². The lowest BCUT2D eigenvalue weighted by Crippen LogP contribution is -2.41. The van der Waals surface area contributed by atoms with E-state index in [1.165, 1.54) is 0 Å². The highest BCUT2D eigenvalue weighted by Crippen LogP contribution is 2.26. The van der Waals surface area contributed by atoms with E-state index in [0.717, 1.165) is 56.7 Å². The van der Waals surface area contributed by atoms with Crippen LogP contribution in [0.4, 0.5) is 0 Å². The minimum Gasteiger partial charge on any atom is -0.493 e. The van der Waals surface area contributed by atoms with Crippen LogP contribution in [0.25, 0.3) is 0 Å². The zero-order chi connectivity index (χ0) is 19.9.